The molecule has 0 amide bonds. The Labute approximate surface area is 163 Å². The van der Waals surface area contributed by atoms with Gasteiger partial charge in [0.05, 0.1) is 19.2 Å². The van der Waals surface area contributed by atoms with E-state index in [4.69, 9.17) is 4.74 Å². The van der Waals surface area contributed by atoms with Crippen LogP contribution in [0.15, 0.2) is 23.3 Å². The lowest BCUT2D eigenvalue weighted by Gasteiger charge is -2.51. The fourth-order valence-corrected chi connectivity index (χ4v) is 6.05. The van der Waals surface area contributed by atoms with Gasteiger partial charge in [0.15, 0.2) is 0 Å². The van der Waals surface area contributed by atoms with Crippen molar-refractivity contribution in [2.24, 2.45) is 23.2 Å². The highest BCUT2D eigenvalue weighted by molar-refractivity contribution is 5.76. The van der Waals surface area contributed by atoms with Crippen LogP contribution in [0.1, 0.15) is 65.2 Å². The molecule has 27 heavy (non-hydrogen) atoms. The molecule has 0 aromatic rings. The van der Waals surface area contributed by atoms with E-state index in [1.54, 1.807) is 5.57 Å². The monoisotopic (exact) mass is 374 g/mol. The maximum atomic E-state index is 12.6. The number of fused-ring (bicyclic) bond motifs is 2. The second-order valence-electron chi connectivity index (χ2n) is 9.47. The number of hydrogen-bond acceptors (Lipinski definition) is 3. The van der Waals surface area contributed by atoms with Gasteiger partial charge in [-0.05, 0) is 44.4 Å². The molecule has 1 saturated carbocycles. The van der Waals surface area contributed by atoms with Crippen molar-refractivity contribution >= 4 is 5.97 Å². The van der Waals surface area contributed by atoms with Gasteiger partial charge in [-0.25, -0.2) is 0 Å². The maximum Gasteiger partial charge on any atom is 0.315 e. The van der Waals surface area contributed by atoms with Crippen LogP contribution >= 0.6 is 0 Å². The van der Waals surface area contributed by atoms with Gasteiger partial charge in [0.2, 0.25) is 0 Å². The van der Waals surface area contributed by atoms with Crippen LogP contribution in [0, 0.1) is 23.2 Å². The number of carbonyl (C=O) groups is 1. The Kier molecular flexibility index (Phi) is 5.48. The van der Waals surface area contributed by atoms with Crippen LogP contribution in [0.3, 0.4) is 0 Å². The minimum absolute atomic E-state index is 0.0506. The summed E-state index contributed by atoms with van der Waals surface area (Å²) in [5.74, 6) is 0.142. The van der Waals surface area contributed by atoms with Gasteiger partial charge in [0.1, 0.15) is 12.0 Å². The highest BCUT2D eigenvalue weighted by Crippen LogP contribution is 2.55. The Bertz CT molecular complexity index is 640. The van der Waals surface area contributed by atoms with Crippen LogP contribution in [0.4, 0.5) is 0 Å². The number of nitrogens with two attached hydrogens (primary N) is 1. The molecular weight excluding hydrogens is 338 g/mol. The van der Waals surface area contributed by atoms with E-state index in [2.05, 4.69) is 31.3 Å². The fraction of sp³-hybridized carbons (Fsp3) is 0.783. The summed E-state index contributed by atoms with van der Waals surface area (Å²) < 4.78 is 5.75. The van der Waals surface area contributed by atoms with Crippen molar-refractivity contribution in [3.63, 3.8) is 0 Å². The third kappa shape index (κ3) is 3.40. The molecule has 1 heterocycles. The quantitative estimate of drug-likeness (QED) is 0.442. The van der Waals surface area contributed by atoms with E-state index in [9.17, 15) is 9.90 Å². The van der Waals surface area contributed by atoms with Crippen molar-refractivity contribution < 1.29 is 20.0 Å². The van der Waals surface area contributed by atoms with E-state index in [1.807, 2.05) is 0 Å². The molecule has 0 bridgehead atoms. The van der Waals surface area contributed by atoms with Crippen LogP contribution in [0.2, 0.25) is 0 Å². The number of aliphatic hydroxyl groups is 1. The number of esters is 1. The third-order valence-electron chi connectivity index (χ3n) is 8.05. The molecule has 2 fully saturated rings. The van der Waals surface area contributed by atoms with Crippen molar-refractivity contribution in [1.82, 2.24) is 0 Å². The molecule has 1 aliphatic heterocycles. The molecule has 0 spiro atoms. The largest absolute Gasteiger partial charge is 0.461 e. The zero-order valence-electron chi connectivity index (χ0n) is 17.0. The first kappa shape index (κ1) is 19.2. The summed E-state index contributed by atoms with van der Waals surface area (Å²) in [6.07, 6.45) is 13.4. The molecule has 3 N–H and O–H groups in total. The smallest absolute Gasteiger partial charge is 0.315 e. The SMILES string of the molecule is C[C@@H]1CCC=C2C[C@H]3OC(=O)[C@@H](C[NH2+]CCC4=CCCCC4)[C@H]3[C@@H](O)[C@@]21C. The molecule has 0 unspecified atom stereocenters. The maximum absolute atomic E-state index is 12.6. The molecule has 150 valence electrons. The number of aliphatic hydroxyl groups excluding tert-OH is 1. The highest BCUT2D eigenvalue weighted by atomic mass is 16.6. The van der Waals surface area contributed by atoms with Crippen LogP contribution in [-0.2, 0) is 9.53 Å². The Morgan fingerprint density at radius 3 is 2.93 bits per heavy atom. The number of ether oxygens (including phenoxy) is 1. The third-order valence-corrected chi connectivity index (χ3v) is 8.05. The molecule has 4 nitrogen and oxygen atoms in total. The average molecular weight is 375 g/mol. The topological polar surface area (TPSA) is 63.1 Å². The summed E-state index contributed by atoms with van der Waals surface area (Å²) in [6, 6.07) is 0. The normalized spacial score (nSPS) is 41.3. The Morgan fingerprint density at radius 2 is 2.15 bits per heavy atom. The summed E-state index contributed by atoms with van der Waals surface area (Å²) in [7, 11) is 0. The van der Waals surface area contributed by atoms with Gasteiger partial charge in [-0.3, -0.25) is 4.79 Å². The molecule has 4 rings (SSSR count). The summed E-state index contributed by atoms with van der Waals surface area (Å²) >= 11 is 0. The Morgan fingerprint density at radius 1 is 1.30 bits per heavy atom. The molecule has 1 saturated heterocycles. The average Bonchev–Trinajstić information content (AvgIpc) is 2.98. The molecule has 0 aromatic carbocycles. The lowest BCUT2D eigenvalue weighted by molar-refractivity contribution is -0.659. The van der Waals surface area contributed by atoms with Gasteiger partial charge in [-0.15, -0.1) is 0 Å². The summed E-state index contributed by atoms with van der Waals surface area (Å²) in [6.45, 7) is 6.24. The second-order valence-corrected chi connectivity index (χ2v) is 9.47. The Hall–Kier alpha value is -1.13. The summed E-state index contributed by atoms with van der Waals surface area (Å²) in [5, 5.41) is 13.6. The van der Waals surface area contributed by atoms with Gasteiger partial charge in [-0.2, -0.15) is 0 Å². The van der Waals surface area contributed by atoms with Gasteiger partial charge in [0.25, 0.3) is 0 Å². The van der Waals surface area contributed by atoms with E-state index in [-0.39, 0.29) is 29.3 Å². The molecule has 0 aromatic heterocycles. The minimum Gasteiger partial charge on any atom is -0.461 e. The van der Waals surface area contributed by atoms with Crippen molar-refractivity contribution in [3.05, 3.63) is 23.3 Å². The molecule has 3 aliphatic carbocycles. The Balaban J connectivity index is 1.40. The summed E-state index contributed by atoms with van der Waals surface area (Å²) in [5.41, 5.74) is 2.70. The molecule has 4 heteroatoms. The highest BCUT2D eigenvalue weighted by Gasteiger charge is 2.60. The predicted molar refractivity (Wildman–Crippen MR) is 105 cm³/mol. The predicted octanol–water partition coefficient (Wildman–Crippen LogP) is 2.73. The van der Waals surface area contributed by atoms with Crippen LogP contribution < -0.4 is 5.32 Å². The van der Waals surface area contributed by atoms with Crippen LogP contribution in [-0.4, -0.2) is 36.4 Å². The van der Waals surface area contributed by atoms with E-state index in [0.717, 1.165) is 38.8 Å². The van der Waals surface area contributed by atoms with E-state index < -0.39 is 6.10 Å². The number of rotatable bonds is 5. The second kappa shape index (κ2) is 7.71. The van der Waals surface area contributed by atoms with Crippen molar-refractivity contribution in [1.29, 1.82) is 0 Å². The van der Waals surface area contributed by atoms with Gasteiger partial charge in [-0.1, -0.05) is 37.1 Å². The van der Waals surface area contributed by atoms with E-state index in [0.29, 0.717) is 5.92 Å². The van der Waals surface area contributed by atoms with Crippen LogP contribution in [0.25, 0.3) is 0 Å². The number of quaternary nitrogens is 1. The number of carbonyl (C=O) groups excluding carboxylic acids is 1. The van der Waals surface area contributed by atoms with Crippen molar-refractivity contribution in [2.45, 2.75) is 77.4 Å². The standard InChI is InChI=1S/C23H35NO3/c1-15-7-6-10-17-13-19-20(21(25)23(15,17)2)18(22(26)27-19)14-24-12-11-16-8-4-3-5-9-16/h8,10,15,18-21,24-25H,3-7,9,11-14H2,1-2H3/p+1/t15-,18+,19-,20-,21-,23-/m1/s1. The summed E-state index contributed by atoms with van der Waals surface area (Å²) in [4.78, 5) is 12.6. The van der Waals surface area contributed by atoms with Crippen molar-refractivity contribution in [3.8, 4) is 0 Å². The van der Waals surface area contributed by atoms with E-state index in [1.165, 1.54) is 31.3 Å². The van der Waals surface area contributed by atoms with Gasteiger partial charge >= 0.3 is 5.97 Å². The van der Waals surface area contributed by atoms with E-state index >= 15 is 0 Å². The molecular formula is C23H36NO3+. The fourth-order valence-electron chi connectivity index (χ4n) is 6.05. The van der Waals surface area contributed by atoms with Crippen molar-refractivity contribution in [2.75, 3.05) is 13.1 Å². The zero-order chi connectivity index (χ0) is 19.0. The number of hydrogen-bond donors (Lipinski definition) is 2. The zero-order valence-corrected chi connectivity index (χ0v) is 17.0. The molecule has 4 aliphatic rings. The minimum atomic E-state index is -0.483. The number of allylic oxidation sites excluding steroid dienone is 2. The molecule has 6 atom stereocenters. The lowest BCUT2D eigenvalue weighted by Crippen LogP contribution is -2.86. The first-order chi connectivity index (χ1) is 13.0. The lowest BCUT2D eigenvalue weighted by atomic mass is 9.55. The molecule has 0 radical (unpaired) electrons. The van der Waals surface area contributed by atoms with Crippen LogP contribution in [0.5, 0.6) is 0 Å². The van der Waals surface area contributed by atoms with Gasteiger partial charge < -0.3 is 15.2 Å². The van der Waals surface area contributed by atoms with Gasteiger partial charge in [0, 0.05) is 24.2 Å². The first-order valence-electron chi connectivity index (χ1n) is 11.1. The first-order valence-corrected chi connectivity index (χ1v) is 11.1.